The predicted octanol–water partition coefficient (Wildman–Crippen LogP) is 1.86. The summed E-state index contributed by atoms with van der Waals surface area (Å²) in [5, 5.41) is 0. The Hall–Kier alpha value is -2.08. The average Bonchev–Trinajstić information content (AvgIpc) is 3.02. The molecule has 2 amide bonds. The molecule has 6 nitrogen and oxygen atoms in total. The smallest absolute Gasteiger partial charge is 0.227 e. The van der Waals surface area contributed by atoms with E-state index < -0.39 is 0 Å². The summed E-state index contributed by atoms with van der Waals surface area (Å²) in [6.45, 7) is 5.02. The van der Waals surface area contributed by atoms with E-state index >= 15 is 0 Å². The number of nitrogens with zero attached hydrogens (tertiary/aromatic N) is 2. The molecule has 2 aliphatic heterocycles. The number of ether oxygens (including phenoxy) is 2. The van der Waals surface area contributed by atoms with Gasteiger partial charge in [0.2, 0.25) is 11.8 Å². The van der Waals surface area contributed by atoms with Crippen molar-refractivity contribution in [3.63, 3.8) is 0 Å². The van der Waals surface area contributed by atoms with Crippen LogP contribution in [0, 0.1) is 12.8 Å². The van der Waals surface area contributed by atoms with Gasteiger partial charge in [-0.1, -0.05) is 17.7 Å². The lowest BCUT2D eigenvalue weighted by molar-refractivity contribution is -0.137. The number of methoxy groups -OCH3 is 1. The maximum Gasteiger partial charge on any atom is 0.227 e. The number of carbonyl (C=O) groups is 2. The van der Waals surface area contributed by atoms with Crippen molar-refractivity contribution < 1.29 is 19.1 Å². The molecule has 0 radical (unpaired) electrons. The second kappa shape index (κ2) is 8.54. The van der Waals surface area contributed by atoms with Crippen LogP contribution in [0.25, 0.3) is 0 Å². The summed E-state index contributed by atoms with van der Waals surface area (Å²) < 4.78 is 11.1. The zero-order chi connectivity index (χ0) is 18.5. The quantitative estimate of drug-likeness (QED) is 0.777. The van der Waals surface area contributed by atoms with Crippen LogP contribution in [0.2, 0.25) is 0 Å². The normalized spacial score (nSPS) is 21.3. The van der Waals surface area contributed by atoms with E-state index in [0.29, 0.717) is 39.2 Å². The Balaban J connectivity index is 1.46. The largest absolute Gasteiger partial charge is 0.490 e. The van der Waals surface area contributed by atoms with Gasteiger partial charge in [0.1, 0.15) is 11.9 Å². The van der Waals surface area contributed by atoms with Crippen molar-refractivity contribution in [3.05, 3.63) is 29.8 Å². The molecule has 0 spiro atoms. The molecule has 0 saturated carbocycles. The van der Waals surface area contributed by atoms with E-state index in [1.165, 1.54) is 5.56 Å². The molecule has 1 aromatic carbocycles. The van der Waals surface area contributed by atoms with Crippen molar-refractivity contribution in [2.75, 3.05) is 39.9 Å². The number of hydrogen-bond donors (Lipinski definition) is 0. The lowest BCUT2D eigenvalue weighted by Gasteiger charge is -2.33. The molecule has 1 atom stereocenters. The van der Waals surface area contributed by atoms with E-state index in [2.05, 4.69) is 6.92 Å². The SMILES string of the molecule is COCCN1CC(C(=O)N2CCC(Oc3ccc(C)cc3)CC2)CC1=O. The lowest BCUT2D eigenvalue weighted by Crippen LogP contribution is -2.45. The zero-order valence-corrected chi connectivity index (χ0v) is 15.6. The molecule has 6 heteroatoms. The number of rotatable bonds is 6. The molecule has 2 fully saturated rings. The summed E-state index contributed by atoms with van der Waals surface area (Å²) in [6.07, 6.45) is 2.12. The summed E-state index contributed by atoms with van der Waals surface area (Å²) >= 11 is 0. The number of likely N-dealkylation sites (tertiary alicyclic amines) is 2. The maximum absolute atomic E-state index is 12.7. The maximum atomic E-state index is 12.7. The van der Waals surface area contributed by atoms with Crippen molar-refractivity contribution in [3.8, 4) is 5.75 Å². The van der Waals surface area contributed by atoms with E-state index in [9.17, 15) is 9.59 Å². The minimum atomic E-state index is -0.214. The minimum Gasteiger partial charge on any atom is -0.490 e. The molecule has 1 aromatic rings. The second-order valence-corrected chi connectivity index (χ2v) is 7.19. The molecule has 0 aliphatic carbocycles. The van der Waals surface area contributed by atoms with Gasteiger partial charge in [0.05, 0.1) is 12.5 Å². The van der Waals surface area contributed by atoms with Crippen LogP contribution in [0.15, 0.2) is 24.3 Å². The van der Waals surface area contributed by atoms with Gasteiger partial charge in [-0.25, -0.2) is 0 Å². The third kappa shape index (κ3) is 4.55. The zero-order valence-electron chi connectivity index (χ0n) is 15.6. The van der Waals surface area contributed by atoms with Crippen LogP contribution in [-0.4, -0.2) is 67.6 Å². The molecule has 2 saturated heterocycles. The molecular weight excluding hydrogens is 332 g/mol. The number of hydrogen-bond acceptors (Lipinski definition) is 4. The van der Waals surface area contributed by atoms with E-state index in [-0.39, 0.29) is 23.8 Å². The van der Waals surface area contributed by atoms with Crippen molar-refractivity contribution in [2.24, 2.45) is 5.92 Å². The summed E-state index contributed by atoms with van der Waals surface area (Å²) in [6, 6.07) is 8.07. The van der Waals surface area contributed by atoms with Crippen LogP contribution in [0.1, 0.15) is 24.8 Å². The summed E-state index contributed by atoms with van der Waals surface area (Å²) in [7, 11) is 1.62. The van der Waals surface area contributed by atoms with Gasteiger partial charge < -0.3 is 19.3 Å². The lowest BCUT2D eigenvalue weighted by atomic mass is 10.0. The highest BCUT2D eigenvalue weighted by atomic mass is 16.5. The highest BCUT2D eigenvalue weighted by Crippen LogP contribution is 2.24. The molecule has 1 unspecified atom stereocenters. The Morgan fingerprint density at radius 1 is 1.19 bits per heavy atom. The fourth-order valence-corrected chi connectivity index (χ4v) is 3.62. The number of carbonyl (C=O) groups excluding carboxylic acids is 2. The molecule has 26 heavy (non-hydrogen) atoms. The van der Waals surface area contributed by atoms with E-state index in [0.717, 1.165) is 18.6 Å². The minimum absolute atomic E-state index is 0.0537. The number of benzene rings is 1. The standard InChI is InChI=1S/C20H28N2O4/c1-15-3-5-17(6-4-15)26-18-7-9-21(10-8-18)20(24)16-13-19(23)22(14-16)11-12-25-2/h3-6,16,18H,7-14H2,1-2H3. The first kappa shape index (κ1) is 18.7. The third-order valence-corrected chi connectivity index (χ3v) is 5.21. The second-order valence-electron chi connectivity index (χ2n) is 7.19. The van der Waals surface area contributed by atoms with E-state index in [1.807, 2.05) is 29.2 Å². The Kier molecular flexibility index (Phi) is 6.14. The van der Waals surface area contributed by atoms with Crippen LogP contribution >= 0.6 is 0 Å². The van der Waals surface area contributed by atoms with Crippen molar-refractivity contribution in [1.82, 2.24) is 9.80 Å². The molecular formula is C20H28N2O4. The Morgan fingerprint density at radius 2 is 1.88 bits per heavy atom. The first-order valence-corrected chi connectivity index (χ1v) is 9.35. The fourth-order valence-electron chi connectivity index (χ4n) is 3.62. The van der Waals surface area contributed by atoms with Gasteiger partial charge >= 0.3 is 0 Å². The Labute approximate surface area is 155 Å². The fraction of sp³-hybridized carbons (Fsp3) is 0.600. The van der Waals surface area contributed by atoms with Gasteiger partial charge in [0.15, 0.2) is 0 Å². The summed E-state index contributed by atoms with van der Waals surface area (Å²) in [5.74, 6) is 0.828. The van der Waals surface area contributed by atoms with Crippen molar-refractivity contribution >= 4 is 11.8 Å². The highest BCUT2D eigenvalue weighted by molar-refractivity contribution is 5.89. The summed E-state index contributed by atoms with van der Waals surface area (Å²) in [5.41, 5.74) is 1.21. The molecule has 0 bridgehead atoms. The van der Waals surface area contributed by atoms with Crippen molar-refractivity contribution in [2.45, 2.75) is 32.3 Å². The van der Waals surface area contributed by atoms with Gasteiger partial charge in [-0.3, -0.25) is 9.59 Å². The topological polar surface area (TPSA) is 59.1 Å². The summed E-state index contributed by atoms with van der Waals surface area (Å²) in [4.78, 5) is 28.4. The molecule has 3 rings (SSSR count). The highest BCUT2D eigenvalue weighted by Gasteiger charge is 2.37. The van der Waals surface area contributed by atoms with Gasteiger partial charge in [-0.15, -0.1) is 0 Å². The third-order valence-electron chi connectivity index (χ3n) is 5.21. The van der Waals surface area contributed by atoms with Gasteiger partial charge in [0.25, 0.3) is 0 Å². The Bertz CT molecular complexity index is 623. The first-order chi connectivity index (χ1) is 12.6. The first-order valence-electron chi connectivity index (χ1n) is 9.35. The predicted molar refractivity (Wildman–Crippen MR) is 98.0 cm³/mol. The molecule has 2 aliphatic rings. The molecule has 142 valence electrons. The van der Waals surface area contributed by atoms with Gasteiger partial charge in [-0.2, -0.15) is 0 Å². The van der Waals surface area contributed by atoms with Crippen LogP contribution in [-0.2, 0) is 14.3 Å². The Morgan fingerprint density at radius 3 is 2.54 bits per heavy atom. The van der Waals surface area contributed by atoms with Crippen LogP contribution < -0.4 is 4.74 Å². The van der Waals surface area contributed by atoms with Gasteiger partial charge in [0, 0.05) is 52.6 Å². The average molecular weight is 360 g/mol. The van der Waals surface area contributed by atoms with E-state index in [4.69, 9.17) is 9.47 Å². The monoisotopic (exact) mass is 360 g/mol. The van der Waals surface area contributed by atoms with Crippen LogP contribution in [0.5, 0.6) is 5.75 Å². The van der Waals surface area contributed by atoms with Crippen molar-refractivity contribution in [1.29, 1.82) is 0 Å². The van der Waals surface area contributed by atoms with Crippen LogP contribution in [0.4, 0.5) is 0 Å². The molecule has 0 N–H and O–H groups in total. The van der Waals surface area contributed by atoms with E-state index in [1.54, 1.807) is 12.0 Å². The van der Waals surface area contributed by atoms with Gasteiger partial charge in [-0.05, 0) is 19.1 Å². The number of amides is 2. The number of piperidine rings is 1. The number of aryl methyl sites for hydroxylation is 1. The molecule has 0 aromatic heterocycles. The van der Waals surface area contributed by atoms with Crippen LogP contribution in [0.3, 0.4) is 0 Å². The molecule has 2 heterocycles.